The molecule has 3 rings (SSSR count). The number of piperidine rings is 1. The lowest BCUT2D eigenvalue weighted by Crippen LogP contribution is -2.54. The number of amides is 5. The van der Waals surface area contributed by atoms with E-state index >= 15 is 0 Å². The molecular weight excluding hydrogens is 550 g/mol. The summed E-state index contributed by atoms with van der Waals surface area (Å²) in [5.41, 5.74) is 0.277. The Bertz CT molecular complexity index is 1050. The number of carbonyl (C=O) groups is 5. The number of ether oxygens (including phenoxy) is 5. The molecule has 220 valence electrons. The van der Waals surface area contributed by atoms with Gasteiger partial charge in [-0.25, -0.2) is 0 Å². The maximum atomic E-state index is 13.1. The van der Waals surface area contributed by atoms with Crippen molar-refractivity contribution in [3.05, 3.63) is 29.3 Å². The van der Waals surface area contributed by atoms with Crippen molar-refractivity contribution in [3.63, 3.8) is 0 Å². The van der Waals surface area contributed by atoms with Gasteiger partial charge in [-0.15, -0.1) is 11.6 Å². The molecule has 0 radical (unpaired) electrons. The molecule has 13 nitrogen and oxygen atoms in total. The fourth-order valence-corrected chi connectivity index (χ4v) is 4.14. The first kappa shape index (κ1) is 31.6. The zero-order chi connectivity index (χ0) is 28.7. The SMILES string of the molecule is O=C1CCC(N2C(=O)c3cccc(NC(=O)CCOCCOCCOCCOCCOCCCl)c3C2=O)C(=O)N1. The van der Waals surface area contributed by atoms with Crippen LogP contribution in [0.5, 0.6) is 0 Å². The van der Waals surface area contributed by atoms with Gasteiger partial charge in [0.2, 0.25) is 17.7 Å². The maximum Gasteiger partial charge on any atom is 0.264 e. The van der Waals surface area contributed by atoms with Crippen LogP contribution in [0.2, 0.25) is 0 Å². The molecule has 1 saturated heterocycles. The van der Waals surface area contributed by atoms with Crippen molar-refractivity contribution in [2.24, 2.45) is 0 Å². The van der Waals surface area contributed by atoms with Crippen LogP contribution in [0.3, 0.4) is 0 Å². The lowest BCUT2D eigenvalue weighted by molar-refractivity contribution is -0.136. The number of nitrogens with one attached hydrogen (secondary N) is 2. The second-order valence-electron chi connectivity index (χ2n) is 8.72. The Morgan fingerprint density at radius 2 is 1.43 bits per heavy atom. The number of anilines is 1. The second-order valence-corrected chi connectivity index (χ2v) is 9.10. The molecule has 1 aromatic carbocycles. The Labute approximate surface area is 236 Å². The Hall–Kier alpha value is -2.94. The van der Waals surface area contributed by atoms with Crippen LogP contribution in [0.1, 0.15) is 40.0 Å². The van der Waals surface area contributed by atoms with Gasteiger partial charge in [-0.3, -0.25) is 34.2 Å². The lowest BCUT2D eigenvalue weighted by atomic mass is 10.0. The van der Waals surface area contributed by atoms with Gasteiger partial charge in [-0.05, 0) is 18.6 Å². The summed E-state index contributed by atoms with van der Waals surface area (Å²) in [6, 6.07) is 3.43. The van der Waals surface area contributed by atoms with Gasteiger partial charge < -0.3 is 29.0 Å². The quantitative estimate of drug-likeness (QED) is 0.135. The maximum absolute atomic E-state index is 13.1. The first-order valence-corrected chi connectivity index (χ1v) is 13.6. The van der Waals surface area contributed by atoms with Gasteiger partial charge in [0.05, 0.1) is 89.3 Å². The van der Waals surface area contributed by atoms with E-state index in [4.69, 9.17) is 35.3 Å². The number of hydrogen-bond donors (Lipinski definition) is 2. The molecule has 2 N–H and O–H groups in total. The first-order valence-electron chi connectivity index (χ1n) is 13.0. The largest absolute Gasteiger partial charge is 0.379 e. The molecule has 0 spiro atoms. The molecule has 5 amide bonds. The van der Waals surface area contributed by atoms with Crippen molar-refractivity contribution in [1.82, 2.24) is 10.2 Å². The molecule has 2 heterocycles. The molecule has 14 heteroatoms. The van der Waals surface area contributed by atoms with E-state index in [-0.39, 0.29) is 49.3 Å². The summed E-state index contributed by atoms with van der Waals surface area (Å²) in [7, 11) is 0. The number of halogens is 1. The number of nitrogens with zero attached hydrogens (tertiary/aromatic N) is 1. The Balaban J connectivity index is 1.29. The minimum absolute atomic E-state index is 0.0166. The number of benzene rings is 1. The fraction of sp³-hybridized carbons (Fsp3) is 0.577. The van der Waals surface area contributed by atoms with E-state index in [1.807, 2.05) is 0 Å². The number of fused-ring (bicyclic) bond motifs is 1. The lowest BCUT2D eigenvalue weighted by Gasteiger charge is -2.27. The second kappa shape index (κ2) is 17.0. The normalized spacial score (nSPS) is 16.8. The highest BCUT2D eigenvalue weighted by molar-refractivity contribution is 6.26. The number of imide groups is 2. The van der Waals surface area contributed by atoms with Gasteiger partial charge in [-0.1, -0.05) is 6.07 Å². The van der Waals surface area contributed by atoms with E-state index in [1.165, 1.54) is 18.2 Å². The van der Waals surface area contributed by atoms with Crippen molar-refractivity contribution in [3.8, 4) is 0 Å². The summed E-state index contributed by atoms with van der Waals surface area (Å²) >= 11 is 5.50. The Morgan fingerprint density at radius 3 is 2.00 bits per heavy atom. The van der Waals surface area contributed by atoms with E-state index in [1.54, 1.807) is 0 Å². The standard InChI is InChI=1S/C26H34ClN3O10/c27-7-9-37-11-13-39-15-17-40-16-14-38-12-10-36-8-6-22(32)28-19-3-1-2-18-23(19)26(35)30(25(18)34)20-4-5-21(31)29-24(20)33/h1-3,20H,4-17H2,(H,28,32)(H,29,31,33). The van der Waals surface area contributed by atoms with Gasteiger partial charge in [0.15, 0.2) is 0 Å². The molecule has 0 saturated carbocycles. The smallest absolute Gasteiger partial charge is 0.264 e. The van der Waals surface area contributed by atoms with Crippen LogP contribution in [0.25, 0.3) is 0 Å². The number of carbonyl (C=O) groups excluding carboxylic acids is 5. The van der Waals surface area contributed by atoms with Crippen LogP contribution < -0.4 is 10.6 Å². The minimum atomic E-state index is -1.08. The van der Waals surface area contributed by atoms with Crippen LogP contribution in [0, 0.1) is 0 Å². The molecule has 2 aliphatic heterocycles. The molecule has 1 atom stereocenters. The average Bonchev–Trinajstić information content (AvgIpc) is 3.18. The zero-order valence-corrected chi connectivity index (χ0v) is 22.9. The number of hydrogen-bond acceptors (Lipinski definition) is 10. The van der Waals surface area contributed by atoms with E-state index in [9.17, 15) is 24.0 Å². The summed E-state index contributed by atoms with van der Waals surface area (Å²) < 4.78 is 26.7. The number of rotatable bonds is 19. The summed E-state index contributed by atoms with van der Waals surface area (Å²) in [5.74, 6) is -2.43. The van der Waals surface area contributed by atoms with Crippen LogP contribution in [0.4, 0.5) is 5.69 Å². The predicted molar refractivity (Wildman–Crippen MR) is 141 cm³/mol. The fourth-order valence-electron chi connectivity index (χ4n) is 4.03. The minimum Gasteiger partial charge on any atom is -0.379 e. The Kier molecular flexibility index (Phi) is 13.4. The molecule has 2 aliphatic rings. The van der Waals surface area contributed by atoms with Gasteiger partial charge in [-0.2, -0.15) is 0 Å². The van der Waals surface area contributed by atoms with E-state index in [0.29, 0.717) is 58.7 Å². The van der Waals surface area contributed by atoms with Crippen LogP contribution >= 0.6 is 11.6 Å². The molecule has 1 unspecified atom stereocenters. The summed E-state index contributed by atoms with van der Waals surface area (Å²) in [6.45, 7) is 3.95. The Morgan fingerprint density at radius 1 is 0.850 bits per heavy atom. The monoisotopic (exact) mass is 583 g/mol. The summed E-state index contributed by atoms with van der Waals surface area (Å²) in [4.78, 5) is 62.9. The highest BCUT2D eigenvalue weighted by atomic mass is 35.5. The third-order valence-electron chi connectivity index (χ3n) is 5.93. The zero-order valence-electron chi connectivity index (χ0n) is 22.1. The topological polar surface area (TPSA) is 159 Å². The highest BCUT2D eigenvalue weighted by Gasteiger charge is 2.45. The van der Waals surface area contributed by atoms with Crippen molar-refractivity contribution < 1.29 is 47.7 Å². The molecule has 0 bridgehead atoms. The van der Waals surface area contributed by atoms with Crippen LogP contribution in [0.15, 0.2) is 18.2 Å². The van der Waals surface area contributed by atoms with Gasteiger partial charge in [0.1, 0.15) is 6.04 Å². The molecule has 40 heavy (non-hydrogen) atoms. The third kappa shape index (κ3) is 9.32. The van der Waals surface area contributed by atoms with E-state index in [2.05, 4.69) is 10.6 Å². The van der Waals surface area contributed by atoms with E-state index < -0.39 is 35.6 Å². The third-order valence-corrected chi connectivity index (χ3v) is 6.08. The molecular formula is C26H34ClN3O10. The highest BCUT2D eigenvalue weighted by Crippen LogP contribution is 2.32. The van der Waals surface area contributed by atoms with Crippen molar-refractivity contribution in [2.75, 3.05) is 77.3 Å². The summed E-state index contributed by atoms with van der Waals surface area (Å²) in [5, 5.41) is 4.79. The van der Waals surface area contributed by atoms with E-state index in [0.717, 1.165) is 4.90 Å². The molecule has 1 fully saturated rings. The molecule has 0 aromatic heterocycles. The predicted octanol–water partition coefficient (Wildman–Crippen LogP) is 0.738. The van der Waals surface area contributed by atoms with Crippen LogP contribution in [-0.4, -0.2) is 112 Å². The van der Waals surface area contributed by atoms with Gasteiger partial charge in [0, 0.05) is 12.3 Å². The van der Waals surface area contributed by atoms with Crippen molar-refractivity contribution >= 4 is 46.8 Å². The first-order chi connectivity index (χ1) is 19.4. The van der Waals surface area contributed by atoms with Gasteiger partial charge in [0.25, 0.3) is 11.8 Å². The van der Waals surface area contributed by atoms with Crippen molar-refractivity contribution in [2.45, 2.75) is 25.3 Å². The van der Waals surface area contributed by atoms with Crippen molar-refractivity contribution in [1.29, 1.82) is 0 Å². The van der Waals surface area contributed by atoms with Crippen LogP contribution in [-0.2, 0) is 38.1 Å². The molecule has 0 aliphatic carbocycles. The average molecular weight is 584 g/mol. The molecule has 1 aromatic rings. The number of alkyl halides is 1. The van der Waals surface area contributed by atoms with Gasteiger partial charge >= 0.3 is 0 Å². The summed E-state index contributed by atoms with van der Waals surface area (Å²) in [6.07, 6.45) is 0.0877.